The second kappa shape index (κ2) is 5.66. The molecule has 0 spiro atoms. The van der Waals surface area contributed by atoms with Gasteiger partial charge in [-0.05, 0) is 43.1 Å². The van der Waals surface area contributed by atoms with Crippen LogP contribution in [0.1, 0.15) is 45.9 Å². The Kier molecular flexibility index (Phi) is 4.80. The summed E-state index contributed by atoms with van der Waals surface area (Å²) in [4.78, 5) is 0. The Bertz CT molecular complexity index is 310. The van der Waals surface area contributed by atoms with E-state index in [1.165, 1.54) is 0 Å². The Morgan fingerprint density at radius 2 is 2.13 bits per heavy atom. The van der Waals surface area contributed by atoms with Gasteiger partial charge in [0.25, 0.3) is 0 Å². The molecule has 1 heterocycles. The summed E-state index contributed by atoms with van der Waals surface area (Å²) in [7, 11) is 0. The lowest BCUT2D eigenvalue weighted by Crippen LogP contribution is -2.07. The highest BCUT2D eigenvalue weighted by molar-refractivity contribution is 9.10. The van der Waals surface area contributed by atoms with Crippen LogP contribution < -0.4 is 0 Å². The Morgan fingerprint density at radius 3 is 2.60 bits per heavy atom. The van der Waals surface area contributed by atoms with Crippen molar-refractivity contribution >= 4 is 15.9 Å². The van der Waals surface area contributed by atoms with Crippen LogP contribution in [0.25, 0.3) is 0 Å². The van der Waals surface area contributed by atoms with E-state index in [0.29, 0.717) is 18.8 Å². The van der Waals surface area contributed by atoms with Gasteiger partial charge in [-0.2, -0.15) is 5.10 Å². The van der Waals surface area contributed by atoms with E-state index in [4.69, 9.17) is 4.74 Å². The summed E-state index contributed by atoms with van der Waals surface area (Å²) in [5, 5.41) is 4.46. The summed E-state index contributed by atoms with van der Waals surface area (Å²) in [6.45, 7) is 8.99. The smallest absolute Gasteiger partial charge is 0.102 e. The Morgan fingerprint density at radius 1 is 1.47 bits per heavy atom. The van der Waals surface area contributed by atoms with Gasteiger partial charge in [0.1, 0.15) is 5.69 Å². The highest BCUT2D eigenvalue weighted by atomic mass is 79.9. The first-order valence-corrected chi connectivity index (χ1v) is 6.19. The number of ether oxygens (including phenoxy) is 1. The number of hydrogen-bond acceptors (Lipinski definition) is 2. The molecular weight excluding hydrogens is 256 g/mol. The Hall–Kier alpha value is -0.350. The summed E-state index contributed by atoms with van der Waals surface area (Å²) in [5.41, 5.74) is 0.976. The van der Waals surface area contributed by atoms with E-state index in [1.807, 2.05) is 10.9 Å². The number of halogens is 1. The molecule has 86 valence electrons. The largest absolute Gasteiger partial charge is 0.372 e. The molecule has 0 aliphatic carbocycles. The summed E-state index contributed by atoms with van der Waals surface area (Å²) >= 11 is 3.49. The fourth-order valence-corrected chi connectivity index (χ4v) is 1.51. The highest BCUT2D eigenvalue weighted by Gasteiger charge is 2.09. The zero-order chi connectivity index (χ0) is 11.4. The van der Waals surface area contributed by atoms with Crippen molar-refractivity contribution in [1.29, 1.82) is 0 Å². The molecule has 0 aromatic carbocycles. The third-order valence-corrected chi connectivity index (χ3v) is 3.03. The van der Waals surface area contributed by atoms with Crippen LogP contribution in [0.2, 0.25) is 0 Å². The first-order chi connectivity index (χ1) is 7.04. The second-order valence-electron chi connectivity index (χ2n) is 4.03. The van der Waals surface area contributed by atoms with Gasteiger partial charge in [-0.3, -0.25) is 4.68 Å². The first-order valence-electron chi connectivity index (χ1n) is 5.39. The van der Waals surface area contributed by atoms with Crippen molar-refractivity contribution in [1.82, 2.24) is 9.78 Å². The molecule has 1 aromatic heterocycles. The molecule has 15 heavy (non-hydrogen) atoms. The van der Waals surface area contributed by atoms with Gasteiger partial charge in [-0.1, -0.05) is 6.92 Å². The molecule has 4 heteroatoms. The molecule has 0 saturated carbocycles. The van der Waals surface area contributed by atoms with Crippen molar-refractivity contribution in [3.63, 3.8) is 0 Å². The van der Waals surface area contributed by atoms with Crippen molar-refractivity contribution in [3.05, 3.63) is 16.4 Å². The monoisotopic (exact) mass is 274 g/mol. The van der Waals surface area contributed by atoms with Crippen molar-refractivity contribution in [2.45, 2.75) is 52.9 Å². The summed E-state index contributed by atoms with van der Waals surface area (Å²) < 4.78 is 8.62. The molecule has 0 aliphatic rings. The van der Waals surface area contributed by atoms with Crippen molar-refractivity contribution in [2.24, 2.45) is 0 Å². The van der Waals surface area contributed by atoms with Crippen LogP contribution in [-0.2, 0) is 11.3 Å². The Balaban J connectivity index is 2.61. The molecule has 0 bridgehead atoms. The Labute approximate surface area is 99.9 Å². The van der Waals surface area contributed by atoms with Crippen molar-refractivity contribution < 1.29 is 4.74 Å². The van der Waals surface area contributed by atoms with Crippen molar-refractivity contribution in [2.75, 3.05) is 0 Å². The lowest BCUT2D eigenvalue weighted by molar-refractivity contribution is 0.0482. The molecule has 1 atom stereocenters. The molecular formula is C11H19BrN2O. The van der Waals surface area contributed by atoms with Crippen molar-refractivity contribution in [3.8, 4) is 0 Å². The van der Waals surface area contributed by atoms with Gasteiger partial charge in [0, 0.05) is 12.2 Å². The van der Waals surface area contributed by atoms with E-state index < -0.39 is 0 Å². The molecule has 0 N–H and O–H groups in total. The quantitative estimate of drug-likeness (QED) is 0.821. The molecule has 1 aromatic rings. The molecule has 0 radical (unpaired) electrons. The van der Waals surface area contributed by atoms with Crippen LogP contribution in [0.4, 0.5) is 0 Å². The maximum absolute atomic E-state index is 5.65. The minimum atomic E-state index is 0.293. The topological polar surface area (TPSA) is 27.1 Å². The predicted octanol–water partition coefficient (Wildman–Crippen LogP) is 3.54. The molecule has 0 aliphatic heterocycles. The van der Waals surface area contributed by atoms with Gasteiger partial charge >= 0.3 is 0 Å². The molecule has 0 amide bonds. The number of hydrogen-bond donors (Lipinski definition) is 0. The van der Waals surface area contributed by atoms with E-state index in [0.717, 1.165) is 16.6 Å². The summed E-state index contributed by atoms with van der Waals surface area (Å²) in [6.07, 6.45) is 3.32. The van der Waals surface area contributed by atoms with Crippen LogP contribution >= 0.6 is 15.9 Å². The third-order valence-electron chi connectivity index (χ3n) is 2.37. The zero-order valence-electron chi connectivity index (χ0n) is 9.83. The summed E-state index contributed by atoms with van der Waals surface area (Å²) in [5.74, 6) is 0. The number of aromatic nitrogens is 2. The third kappa shape index (κ3) is 3.61. The summed E-state index contributed by atoms with van der Waals surface area (Å²) in [6, 6.07) is 0.388. The van der Waals surface area contributed by atoms with E-state index in [-0.39, 0.29) is 0 Å². The van der Waals surface area contributed by atoms with E-state index in [9.17, 15) is 0 Å². The highest BCUT2D eigenvalue weighted by Crippen LogP contribution is 2.19. The van der Waals surface area contributed by atoms with Gasteiger partial charge < -0.3 is 4.74 Å². The molecule has 0 saturated heterocycles. The van der Waals surface area contributed by atoms with E-state index in [2.05, 4.69) is 48.7 Å². The minimum Gasteiger partial charge on any atom is -0.372 e. The molecule has 0 unspecified atom stereocenters. The molecule has 1 rings (SSSR count). The maximum atomic E-state index is 5.65. The predicted molar refractivity (Wildman–Crippen MR) is 64.9 cm³/mol. The van der Waals surface area contributed by atoms with Crippen LogP contribution in [-0.4, -0.2) is 15.9 Å². The maximum Gasteiger partial charge on any atom is 0.102 e. The van der Waals surface area contributed by atoms with Crippen LogP contribution in [0.15, 0.2) is 10.7 Å². The average molecular weight is 275 g/mol. The van der Waals surface area contributed by atoms with Gasteiger partial charge in [-0.25, -0.2) is 0 Å². The minimum absolute atomic E-state index is 0.293. The van der Waals surface area contributed by atoms with E-state index in [1.54, 1.807) is 0 Å². The first kappa shape index (κ1) is 12.7. The van der Waals surface area contributed by atoms with Crippen LogP contribution in [0.5, 0.6) is 0 Å². The molecule has 0 fully saturated rings. The van der Waals surface area contributed by atoms with Crippen LogP contribution in [0, 0.1) is 0 Å². The molecule has 3 nitrogen and oxygen atoms in total. The standard InChI is InChI=1S/C11H19BrN2O/c1-5-9(4)15-7-11-10(12)6-14(13-11)8(2)3/h6,8-9H,5,7H2,1-4H3/t9-/m1/s1. The lowest BCUT2D eigenvalue weighted by atomic mass is 10.3. The normalized spacial score (nSPS) is 13.5. The second-order valence-corrected chi connectivity index (χ2v) is 4.88. The number of nitrogens with zero attached hydrogens (tertiary/aromatic N) is 2. The SMILES string of the molecule is CC[C@@H](C)OCc1nn(C(C)C)cc1Br. The van der Waals surface area contributed by atoms with E-state index >= 15 is 0 Å². The van der Waals surface area contributed by atoms with Gasteiger partial charge in [0.2, 0.25) is 0 Å². The fourth-order valence-electron chi connectivity index (χ4n) is 1.11. The van der Waals surface area contributed by atoms with Gasteiger partial charge in [0.15, 0.2) is 0 Å². The lowest BCUT2D eigenvalue weighted by Gasteiger charge is -2.09. The van der Waals surface area contributed by atoms with Crippen LogP contribution in [0.3, 0.4) is 0 Å². The van der Waals surface area contributed by atoms with Gasteiger partial charge in [-0.15, -0.1) is 0 Å². The fraction of sp³-hybridized carbons (Fsp3) is 0.727. The number of rotatable bonds is 5. The van der Waals surface area contributed by atoms with Gasteiger partial charge in [0.05, 0.1) is 17.2 Å². The zero-order valence-corrected chi connectivity index (χ0v) is 11.4. The average Bonchev–Trinajstić information content (AvgIpc) is 2.56.